The van der Waals surface area contributed by atoms with Crippen molar-refractivity contribution in [2.75, 3.05) is 13.7 Å². The van der Waals surface area contributed by atoms with Crippen molar-refractivity contribution in [2.24, 2.45) is 0 Å². The molecule has 0 aliphatic carbocycles. The van der Waals surface area contributed by atoms with Gasteiger partial charge in [-0.2, -0.15) is 0 Å². The van der Waals surface area contributed by atoms with Gasteiger partial charge in [0.25, 0.3) is 0 Å². The molecule has 0 aromatic heterocycles. The molecule has 5 heteroatoms. The maximum Gasteiger partial charge on any atom is 0.337 e. The molecule has 5 nitrogen and oxygen atoms in total. The molecule has 1 aliphatic rings. The highest BCUT2D eigenvalue weighted by atomic mass is 16.5. The molecule has 1 N–H and O–H groups in total. The number of hydrogen-bond acceptors (Lipinski definition) is 3. The van der Waals surface area contributed by atoms with Gasteiger partial charge >= 0.3 is 12.0 Å². The lowest BCUT2D eigenvalue weighted by Gasteiger charge is -2.34. The molecule has 0 unspecified atom stereocenters. The summed E-state index contributed by atoms with van der Waals surface area (Å²) in [7, 11) is 1.34. The summed E-state index contributed by atoms with van der Waals surface area (Å²) in [6, 6.07) is 8.72. The van der Waals surface area contributed by atoms with Crippen LogP contribution in [0.4, 0.5) is 4.79 Å². The van der Waals surface area contributed by atoms with E-state index in [1.807, 2.05) is 37.3 Å². The molecule has 1 heterocycles. The van der Waals surface area contributed by atoms with Crippen molar-refractivity contribution in [3.63, 3.8) is 0 Å². The summed E-state index contributed by atoms with van der Waals surface area (Å²) in [5, 5.41) is 2.86. The molecule has 20 heavy (non-hydrogen) atoms. The first-order valence-electron chi connectivity index (χ1n) is 6.52. The lowest BCUT2D eigenvalue weighted by Crippen LogP contribution is -2.47. The number of allylic oxidation sites excluding steroid dienone is 1. The van der Waals surface area contributed by atoms with Gasteiger partial charge in [0.2, 0.25) is 0 Å². The highest BCUT2D eigenvalue weighted by Gasteiger charge is 2.35. The third-order valence-electron chi connectivity index (χ3n) is 3.45. The van der Waals surface area contributed by atoms with Gasteiger partial charge in [-0.05, 0) is 19.4 Å². The van der Waals surface area contributed by atoms with Crippen molar-refractivity contribution in [1.29, 1.82) is 0 Å². The van der Waals surface area contributed by atoms with Gasteiger partial charge in [0.1, 0.15) is 0 Å². The molecule has 0 saturated carbocycles. The Morgan fingerprint density at radius 3 is 2.55 bits per heavy atom. The molecule has 1 atom stereocenters. The summed E-state index contributed by atoms with van der Waals surface area (Å²) < 4.78 is 4.87. The Morgan fingerprint density at radius 1 is 1.35 bits per heavy atom. The topological polar surface area (TPSA) is 58.6 Å². The third-order valence-corrected chi connectivity index (χ3v) is 3.45. The van der Waals surface area contributed by atoms with E-state index in [1.54, 1.807) is 6.92 Å². The van der Waals surface area contributed by atoms with E-state index in [4.69, 9.17) is 4.74 Å². The van der Waals surface area contributed by atoms with Crippen LogP contribution in [0.2, 0.25) is 0 Å². The summed E-state index contributed by atoms with van der Waals surface area (Å²) in [6.45, 7) is 4.13. The SMILES string of the molecule is CCN1C(=O)N[C@@H](c2ccccc2)C(C(=O)OC)=C1C. The summed E-state index contributed by atoms with van der Waals surface area (Å²) >= 11 is 0. The normalized spacial score (nSPS) is 18.9. The lowest BCUT2D eigenvalue weighted by atomic mass is 9.95. The molecule has 0 saturated heterocycles. The zero-order chi connectivity index (χ0) is 14.7. The zero-order valence-corrected chi connectivity index (χ0v) is 11.8. The number of amides is 2. The van der Waals surface area contributed by atoms with Crippen LogP contribution in [0.3, 0.4) is 0 Å². The quantitative estimate of drug-likeness (QED) is 0.860. The Bertz CT molecular complexity index is 551. The van der Waals surface area contributed by atoms with Gasteiger partial charge in [-0.15, -0.1) is 0 Å². The molecule has 1 aromatic rings. The highest BCUT2D eigenvalue weighted by Crippen LogP contribution is 2.30. The van der Waals surface area contributed by atoms with Crippen LogP contribution in [0.1, 0.15) is 25.5 Å². The predicted molar refractivity (Wildman–Crippen MR) is 74.8 cm³/mol. The van der Waals surface area contributed by atoms with Gasteiger partial charge in [-0.25, -0.2) is 9.59 Å². The van der Waals surface area contributed by atoms with Crippen molar-refractivity contribution in [3.05, 3.63) is 47.2 Å². The van der Waals surface area contributed by atoms with Crippen molar-refractivity contribution >= 4 is 12.0 Å². The Morgan fingerprint density at radius 2 is 2.00 bits per heavy atom. The fourth-order valence-electron chi connectivity index (χ4n) is 2.43. The molecular formula is C15H18N2O3. The van der Waals surface area contributed by atoms with Crippen molar-refractivity contribution < 1.29 is 14.3 Å². The molecule has 1 aliphatic heterocycles. The average Bonchev–Trinajstić information content (AvgIpc) is 2.47. The Balaban J connectivity index is 2.53. The fourth-order valence-corrected chi connectivity index (χ4v) is 2.43. The number of urea groups is 1. The standard InChI is InChI=1S/C15H18N2O3/c1-4-17-10(2)12(14(18)20-3)13(16-15(17)19)11-8-6-5-7-9-11/h5-9,13H,4H2,1-3H3,(H,16,19)/t13-/m0/s1. The second-order valence-electron chi connectivity index (χ2n) is 4.53. The molecule has 0 bridgehead atoms. The number of esters is 1. The van der Waals surface area contributed by atoms with Crippen LogP contribution in [-0.4, -0.2) is 30.6 Å². The average molecular weight is 274 g/mol. The number of nitrogens with zero attached hydrogens (tertiary/aromatic N) is 1. The minimum atomic E-state index is -0.473. The summed E-state index contributed by atoms with van der Waals surface area (Å²) in [6.07, 6.45) is 0. The first kappa shape index (κ1) is 14.1. The van der Waals surface area contributed by atoms with E-state index in [0.717, 1.165) is 5.56 Å². The van der Waals surface area contributed by atoms with E-state index < -0.39 is 12.0 Å². The second-order valence-corrected chi connectivity index (χ2v) is 4.53. The monoisotopic (exact) mass is 274 g/mol. The lowest BCUT2D eigenvalue weighted by molar-refractivity contribution is -0.136. The van der Waals surface area contributed by atoms with Gasteiger partial charge in [-0.1, -0.05) is 30.3 Å². The number of carbonyl (C=O) groups is 2. The molecule has 0 fully saturated rings. The van der Waals surface area contributed by atoms with Gasteiger partial charge < -0.3 is 10.1 Å². The van der Waals surface area contributed by atoms with Crippen LogP contribution in [0, 0.1) is 0 Å². The Kier molecular flexibility index (Phi) is 4.08. The van der Waals surface area contributed by atoms with Crippen molar-refractivity contribution in [2.45, 2.75) is 19.9 Å². The van der Waals surface area contributed by atoms with Crippen LogP contribution in [0.15, 0.2) is 41.6 Å². The summed E-state index contributed by atoms with van der Waals surface area (Å²) in [5.74, 6) is -0.421. The number of methoxy groups -OCH3 is 1. The van der Waals surface area contributed by atoms with Gasteiger partial charge in [0, 0.05) is 12.2 Å². The smallest absolute Gasteiger partial charge is 0.337 e. The Hall–Kier alpha value is -2.30. The highest BCUT2D eigenvalue weighted by molar-refractivity contribution is 5.94. The van der Waals surface area contributed by atoms with Crippen LogP contribution in [-0.2, 0) is 9.53 Å². The van der Waals surface area contributed by atoms with E-state index in [9.17, 15) is 9.59 Å². The number of rotatable bonds is 3. The van der Waals surface area contributed by atoms with E-state index in [0.29, 0.717) is 17.8 Å². The molecule has 0 radical (unpaired) electrons. The largest absolute Gasteiger partial charge is 0.466 e. The molecule has 0 spiro atoms. The van der Waals surface area contributed by atoms with E-state index >= 15 is 0 Å². The van der Waals surface area contributed by atoms with Gasteiger partial charge in [0.05, 0.1) is 18.7 Å². The molecule has 1 aromatic carbocycles. The van der Waals surface area contributed by atoms with E-state index in [1.165, 1.54) is 12.0 Å². The minimum Gasteiger partial charge on any atom is -0.466 e. The molecule has 106 valence electrons. The first-order valence-corrected chi connectivity index (χ1v) is 6.52. The van der Waals surface area contributed by atoms with Crippen LogP contribution in [0.25, 0.3) is 0 Å². The first-order chi connectivity index (χ1) is 9.60. The molecule has 2 rings (SSSR count). The summed E-state index contributed by atoms with van der Waals surface area (Å²) in [4.78, 5) is 25.7. The molecular weight excluding hydrogens is 256 g/mol. The number of hydrogen-bond donors (Lipinski definition) is 1. The zero-order valence-electron chi connectivity index (χ0n) is 11.8. The van der Waals surface area contributed by atoms with Crippen molar-refractivity contribution in [1.82, 2.24) is 10.2 Å². The van der Waals surface area contributed by atoms with Crippen molar-refractivity contribution in [3.8, 4) is 0 Å². The maximum atomic E-state index is 12.1. The Labute approximate surface area is 118 Å². The molecule has 2 amide bonds. The van der Waals surface area contributed by atoms with E-state index in [-0.39, 0.29) is 6.03 Å². The summed E-state index contributed by atoms with van der Waals surface area (Å²) in [5.41, 5.74) is 1.97. The number of benzene rings is 1. The number of ether oxygens (including phenoxy) is 1. The third kappa shape index (κ3) is 2.39. The minimum absolute atomic E-state index is 0.202. The van der Waals surface area contributed by atoms with E-state index in [2.05, 4.69) is 5.32 Å². The van der Waals surface area contributed by atoms with Crippen LogP contribution >= 0.6 is 0 Å². The number of nitrogens with one attached hydrogen (secondary N) is 1. The van der Waals surface area contributed by atoms with Crippen LogP contribution < -0.4 is 5.32 Å². The van der Waals surface area contributed by atoms with Gasteiger partial charge in [0.15, 0.2) is 0 Å². The maximum absolute atomic E-state index is 12.1. The van der Waals surface area contributed by atoms with Crippen LogP contribution in [0.5, 0.6) is 0 Å². The predicted octanol–water partition coefficient (Wildman–Crippen LogP) is 2.22. The number of carbonyl (C=O) groups excluding carboxylic acids is 2. The second kappa shape index (κ2) is 5.77. The van der Waals surface area contributed by atoms with Gasteiger partial charge in [-0.3, -0.25) is 4.90 Å². The fraction of sp³-hybridized carbons (Fsp3) is 0.333.